The van der Waals surface area contributed by atoms with Gasteiger partial charge in [0.2, 0.25) is 6.54 Å². The van der Waals surface area contributed by atoms with E-state index in [0.29, 0.717) is 0 Å². The van der Waals surface area contributed by atoms with Crippen molar-refractivity contribution in [1.29, 1.82) is 0 Å². The van der Waals surface area contributed by atoms with E-state index < -0.39 is 90.3 Å². The van der Waals surface area contributed by atoms with Crippen LogP contribution in [0.25, 0.3) is 0 Å². The highest BCUT2D eigenvalue weighted by atomic mass is 16.6. The number of nitro groups is 1. The highest BCUT2D eigenvalue weighted by Gasteiger charge is 2.48. The first-order chi connectivity index (χ1) is 18.1. The molecule has 1 unspecified atom stereocenters. The quantitative estimate of drug-likeness (QED) is 0.0993. The fourth-order valence-electron chi connectivity index (χ4n) is 3.66. The second kappa shape index (κ2) is 17.6. The van der Waals surface area contributed by atoms with Crippen LogP contribution in [0.2, 0.25) is 0 Å². The molecule has 0 aliphatic heterocycles. The lowest BCUT2D eigenvalue weighted by Gasteiger charge is -2.38. The maximum absolute atomic E-state index is 12.1. The summed E-state index contributed by atoms with van der Waals surface area (Å²) in [7, 11) is 2.36. The number of esters is 6. The van der Waals surface area contributed by atoms with Gasteiger partial charge < -0.3 is 33.2 Å². The molecule has 0 N–H and O–H groups in total. The minimum Gasteiger partial charge on any atom is -0.469 e. The van der Waals surface area contributed by atoms with Crippen LogP contribution in [0, 0.1) is 16.0 Å². The van der Waals surface area contributed by atoms with E-state index in [2.05, 4.69) is 4.74 Å². The van der Waals surface area contributed by atoms with Crippen LogP contribution in [0.4, 0.5) is 0 Å². The van der Waals surface area contributed by atoms with E-state index in [4.69, 9.17) is 28.4 Å². The van der Waals surface area contributed by atoms with Gasteiger partial charge >= 0.3 is 35.8 Å². The molecule has 0 aromatic carbocycles. The number of ether oxygens (including phenoxy) is 7. The molecular weight excluding hydrogens is 530 g/mol. The second-order valence-electron chi connectivity index (χ2n) is 8.32. The first kappa shape index (κ1) is 35.2. The maximum Gasteiger partial charge on any atom is 0.308 e. The molecule has 0 saturated heterocycles. The van der Waals surface area contributed by atoms with Crippen molar-refractivity contribution in [2.45, 2.75) is 78.0 Å². The van der Waals surface area contributed by atoms with Crippen molar-refractivity contribution in [3.8, 4) is 0 Å². The Morgan fingerprint density at radius 3 is 1.62 bits per heavy atom. The molecule has 0 aliphatic rings. The van der Waals surface area contributed by atoms with Gasteiger partial charge in [-0.25, -0.2) is 0 Å². The minimum atomic E-state index is -1.81. The summed E-state index contributed by atoms with van der Waals surface area (Å²) < 4.78 is 35.9. The van der Waals surface area contributed by atoms with E-state index in [1.165, 1.54) is 7.11 Å². The number of carbonyl (C=O) groups excluding carboxylic acids is 6. The average molecular weight is 566 g/mol. The Balaban J connectivity index is 6.94. The predicted molar refractivity (Wildman–Crippen MR) is 126 cm³/mol. The van der Waals surface area contributed by atoms with E-state index in [1.54, 1.807) is 0 Å². The van der Waals surface area contributed by atoms with Crippen LogP contribution in [0.15, 0.2) is 0 Å². The summed E-state index contributed by atoms with van der Waals surface area (Å²) in [4.78, 5) is 82.3. The van der Waals surface area contributed by atoms with E-state index in [0.717, 1.165) is 41.7 Å². The molecule has 0 aromatic rings. The van der Waals surface area contributed by atoms with Crippen molar-refractivity contribution >= 4 is 35.8 Å². The molecule has 39 heavy (non-hydrogen) atoms. The average Bonchev–Trinajstić information content (AvgIpc) is 2.80. The number of carbonyl (C=O) groups is 6. The smallest absolute Gasteiger partial charge is 0.308 e. The molecule has 0 bridgehead atoms. The Labute approximate surface area is 224 Å². The maximum atomic E-state index is 12.1. The summed E-state index contributed by atoms with van der Waals surface area (Å²) in [5.41, 5.74) is 0. The van der Waals surface area contributed by atoms with Crippen LogP contribution in [0.5, 0.6) is 0 Å². The first-order valence-corrected chi connectivity index (χ1v) is 11.6. The molecule has 0 amide bonds. The van der Waals surface area contributed by atoms with Gasteiger partial charge in [0.1, 0.15) is 6.61 Å². The number of rotatable bonds is 17. The third-order valence-corrected chi connectivity index (χ3v) is 5.06. The number of hydrogen-bond donors (Lipinski definition) is 0. The van der Waals surface area contributed by atoms with Crippen molar-refractivity contribution < 1.29 is 66.8 Å². The summed E-state index contributed by atoms with van der Waals surface area (Å²) in [6.07, 6.45) is -8.48. The lowest BCUT2D eigenvalue weighted by atomic mass is 9.87. The van der Waals surface area contributed by atoms with Crippen LogP contribution >= 0.6 is 0 Å². The fourth-order valence-corrected chi connectivity index (χ4v) is 3.66. The molecule has 0 spiro atoms. The summed E-state index contributed by atoms with van der Waals surface area (Å²) >= 11 is 0. The third kappa shape index (κ3) is 14.6. The van der Waals surface area contributed by atoms with Crippen molar-refractivity contribution in [3.63, 3.8) is 0 Å². The highest BCUT2D eigenvalue weighted by molar-refractivity contribution is 5.70. The molecular formula is C23H35NO15. The van der Waals surface area contributed by atoms with Gasteiger partial charge in [-0.2, -0.15) is 0 Å². The van der Waals surface area contributed by atoms with Crippen molar-refractivity contribution in [1.82, 2.24) is 0 Å². The van der Waals surface area contributed by atoms with Crippen molar-refractivity contribution in [2.75, 3.05) is 27.4 Å². The van der Waals surface area contributed by atoms with Crippen LogP contribution in [-0.2, 0) is 61.9 Å². The van der Waals surface area contributed by atoms with Gasteiger partial charge in [0.15, 0.2) is 24.4 Å². The van der Waals surface area contributed by atoms with E-state index in [9.17, 15) is 38.9 Å². The SMILES string of the molecule is COC(=O)CC(C[C@H](C[N+](=O)[O-])[C@H](OC(C)=O)[C@@H](OC(C)=O)[C@@H](OC(C)=O)[C@@H](COC(C)=O)OC(C)=O)OC. The molecule has 0 radical (unpaired) electrons. The van der Waals surface area contributed by atoms with Crippen molar-refractivity contribution in [3.05, 3.63) is 10.1 Å². The van der Waals surface area contributed by atoms with Crippen LogP contribution in [0.3, 0.4) is 0 Å². The third-order valence-electron chi connectivity index (χ3n) is 5.06. The minimum absolute atomic E-state index is 0.294. The predicted octanol–water partition coefficient (Wildman–Crippen LogP) is 0.137. The zero-order valence-electron chi connectivity index (χ0n) is 22.9. The second-order valence-corrected chi connectivity index (χ2v) is 8.32. The first-order valence-electron chi connectivity index (χ1n) is 11.6. The topological polar surface area (TPSA) is 210 Å². The van der Waals surface area contributed by atoms with E-state index in [1.807, 2.05) is 0 Å². The Hall–Kier alpha value is -3.82. The molecule has 16 heteroatoms. The molecule has 0 heterocycles. The van der Waals surface area contributed by atoms with Gasteiger partial charge in [0.25, 0.3) is 0 Å². The van der Waals surface area contributed by atoms with Crippen LogP contribution < -0.4 is 0 Å². The molecule has 0 fully saturated rings. The number of hydrogen-bond acceptors (Lipinski definition) is 15. The van der Waals surface area contributed by atoms with Crippen molar-refractivity contribution in [2.24, 2.45) is 5.92 Å². The fraction of sp³-hybridized carbons (Fsp3) is 0.739. The Morgan fingerprint density at radius 2 is 1.21 bits per heavy atom. The molecule has 0 saturated carbocycles. The van der Waals surface area contributed by atoms with Gasteiger partial charge in [0, 0.05) is 46.7 Å². The monoisotopic (exact) mass is 565 g/mol. The molecule has 0 aromatic heterocycles. The summed E-state index contributed by atoms with van der Waals surface area (Å²) in [6, 6.07) is 0. The molecule has 0 rings (SSSR count). The lowest BCUT2D eigenvalue weighted by molar-refractivity contribution is -0.492. The number of methoxy groups -OCH3 is 2. The number of nitrogens with zero attached hydrogens (tertiary/aromatic N) is 1. The Bertz CT molecular complexity index is 889. The van der Waals surface area contributed by atoms with Gasteiger partial charge in [0.05, 0.1) is 25.6 Å². The van der Waals surface area contributed by atoms with E-state index >= 15 is 0 Å². The normalized spacial score (nSPS) is 15.3. The molecule has 0 aliphatic carbocycles. The van der Waals surface area contributed by atoms with Gasteiger partial charge in [-0.05, 0) is 6.42 Å². The standard InChI is InChI=1S/C23H35NO15/c1-12(25)35-11-19(36-13(2)26)22(38-15(4)28)23(39-16(5)29)21(37-14(3)27)17(10-24(31)32)8-18(33-6)9-20(30)34-7/h17-19,21-23H,8-11H2,1-7H3/t17-,18?,19-,21+,22+,23-/m1/s1. The molecule has 222 valence electrons. The highest BCUT2D eigenvalue weighted by Crippen LogP contribution is 2.28. The summed E-state index contributed by atoms with van der Waals surface area (Å²) in [6.45, 7) is 3.41. The van der Waals surface area contributed by atoms with E-state index in [-0.39, 0.29) is 12.8 Å². The zero-order valence-corrected chi connectivity index (χ0v) is 22.9. The Kier molecular flexibility index (Phi) is 15.9. The van der Waals surface area contributed by atoms with Crippen LogP contribution in [0.1, 0.15) is 47.5 Å². The zero-order chi connectivity index (χ0) is 30.3. The molecule has 6 atom stereocenters. The van der Waals surface area contributed by atoms with Crippen LogP contribution in [-0.4, -0.2) is 98.6 Å². The van der Waals surface area contributed by atoms with Gasteiger partial charge in [-0.15, -0.1) is 0 Å². The van der Waals surface area contributed by atoms with Gasteiger partial charge in [-0.1, -0.05) is 0 Å². The largest absolute Gasteiger partial charge is 0.469 e. The molecule has 16 nitrogen and oxygen atoms in total. The lowest BCUT2D eigenvalue weighted by Crippen LogP contribution is -2.56. The summed E-state index contributed by atoms with van der Waals surface area (Å²) in [5, 5.41) is 11.6. The van der Waals surface area contributed by atoms with Gasteiger partial charge in [-0.3, -0.25) is 38.9 Å². The Morgan fingerprint density at radius 1 is 0.718 bits per heavy atom. The summed E-state index contributed by atoms with van der Waals surface area (Å²) in [5.74, 6) is -6.63.